The van der Waals surface area contributed by atoms with E-state index in [1.165, 1.54) is 12.8 Å². The van der Waals surface area contributed by atoms with Crippen LogP contribution in [0.5, 0.6) is 5.75 Å². The fourth-order valence-electron chi connectivity index (χ4n) is 3.83. The largest absolute Gasteiger partial charge is 0.493 e. The second kappa shape index (κ2) is 9.26. The summed E-state index contributed by atoms with van der Waals surface area (Å²) in [5, 5.41) is 3.39. The van der Waals surface area contributed by atoms with Gasteiger partial charge >= 0.3 is 0 Å². The average molecular weight is 472 g/mol. The molecule has 2 aliphatic heterocycles. The Morgan fingerprint density at radius 3 is 2.88 bits per heavy atom. The van der Waals surface area contributed by atoms with Gasteiger partial charge in [0.2, 0.25) is 0 Å². The van der Waals surface area contributed by atoms with E-state index in [9.17, 15) is 0 Å². The third-order valence-electron chi connectivity index (χ3n) is 5.43. The highest BCUT2D eigenvalue weighted by Gasteiger charge is 2.30. The quantitative estimate of drug-likeness (QED) is 0.400. The summed E-state index contributed by atoms with van der Waals surface area (Å²) in [6, 6.07) is 8.32. The molecule has 6 heteroatoms. The van der Waals surface area contributed by atoms with E-state index in [4.69, 9.17) is 10.5 Å². The number of para-hydroxylation sites is 1. The van der Waals surface area contributed by atoms with Crippen LogP contribution in [0, 0.1) is 5.92 Å². The minimum Gasteiger partial charge on any atom is -0.493 e. The molecule has 26 heavy (non-hydrogen) atoms. The highest BCUT2D eigenvalue weighted by Crippen LogP contribution is 2.31. The van der Waals surface area contributed by atoms with Gasteiger partial charge in [-0.2, -0.15) is 0 Å². The van der Waals surface area contributed by atoms with Crippen molar-refractivity contribution in [2.24, 2.45) is 16.6 Å². The van der Waals surface area contributed by atoms with Gasteiger partial charge in [-0.3, -0.25) is 9.89 Å². The van der Waals surface area contributed by atoms with Gasteiger partial charge in [0, 0.05) is 24.1 Å². The molecule has 146 valence electrons. The molecule has 0 radical (unpaired) electrons. The van der Waals surface area contributed by atoms with Crippen molar-refractivity contribution in [3.05, 3.63) is 29.8 Å². The molecule has 0 amide bonds. The number of nitrogens with one attached hydrogen (secondary N) is 1. The van der Waals surface area contributed by atoms with E-state index in [1.807, 2.05) is 18.2 Å². The first-order chi connectivity index (χ1) is 12.0. The van der Waals surface area contributed by atoms with Crippen LogP contribution < -0.4 is 15.8 Å². The molecule has 1 fully saturated rings. The Bertz CT molecular complexity index is 620. The Balaban J connectivity index is 0.00000243. The van der Waals surface area contributed by atoms with Crippen molar-refractivity contribution in [1.29, 1.82) is 0 Å². The first-order valence-corrected chi connectivity index (χ1v) is 9.49. The fourth-order valence-corrected chi connectivity index (χ4v) is 3.83. The number of rotatable bonds is 4. The van der Waals surface area contributed by atoms with E-state index in [0.29, 0.717) is 19.1 Å². The van der Waals surface area contributed by atoms with Gasteiger partial charge in [-0.15, -0.1) is 24.0 Å². The zero-order valence-electron chi connectivity index (χ0n) is 16.2. The highest BCUT2D eigenvalue weighted by atomic mass is 127. The lowest BCUT2D eigenvalue weighted by atomic mass is 9.94. The van der Waals surface area contributed by atoms with E-state index in [2.05, 4.69) is 42.0 Å². The van der Waals surface area contributed by atoms with Crippen LogP contribution >= 0.6 is 24.0 Å². The number of piperidine rings is 1. The molecule has 2 atom stereocenters. The van der Waals surface area contributed by atoms with Crippen LogP contribution in [0.4, 0.5) is 0 Å². The van der Waals surface area contributed by atoms with E-state index in [1.54, 1.807) is 0 Å². The van der Waals surface area contributed by atoms with Gasteiger partial charge < -0.3 is 15.8 Å². The Morgan fingerprint density at radius 1 is 1.35 bits per heavy atom. The number of ether oxygens (including phenoxy) is 1. The van der Waals surface area contributed by atoms with Crippen molar-refractivity contribution in [2.45, 2.75) is 51.6 Å². The van der Waals surface area contributed by atoms with E-state index >= 15 is 0 Å². The van der Waals surface area contributed by atoms with Crippen LogP contribution in [0.1, 0.15) is 51.6 Å². The van der Waals surface area contributed by atoms with Gasteiger partial charge in [0.15, 0.2) is 5.96 Å². The molecular formula is C20H33IN4O. The van der Waals surface area contributed by atoms with Crippen LogP contribution in [0.2, 0.25) is 0 Å². The van der Waals surface area contributed by atoms with Gasteiger partial charge in [0.1, 0.15) is 5.75 Å². The molecule has 2 aliphatic rings. The predicted octanol–water partition coefficient (Wildman–Crippen LogP) is 3.54. The smallest absolute Gasteiger partial charge is 0.189 e. The number of fused-ring (bicyclic) bond motifs is 1. The number of guanidine groups is 1. The molecule has 0 aromatic heterocycles. The van der Waals surface area contributed by atoms with Crippen molar-refractivity contribution in [3.63, 3.8) is 0 Å². The fraction of sp³-hybridized carbons (Fsp3) is 0.650. The lowest BCUT2D eigenvalue weighted by Crippen LogP contribution is -2.51. The van der Waals surface area contributed by atoms with Crippen LogP contribution in [0.25, 0.3) is 0 Å². The summed E-state index contributed by atoms with van der Waals surface area (Å²) < 4.78 is 5.71. The lowest BCUT2D eigenvalue weighted by molar-refractivity contribution is 0.0774. The van der Waals surface area contributed by atoms with Gasteiger partial charge in [-0.25, -0.2) is 0 Å². The molecule has 2 unspecified atom stereocenters. The molecule has 3 N–H and O–H groups in total. The summed E-state index contributed by atoms with van der Waals surface area (Å²) in [5.74, 6) is 2.24. The first-order valence-electron chi connectivity index (χ1n) is 9.49. The van der Waals surface area contributed by atoms with Gasteiger partial charge in [0.05, 0.1) is 19.2 Å². The normalized spacial score (nSPS) is 24.2. The number of benzene rings is 1. The highest BCUT2D eigenvalue weighted by molar-refractivity contribution is 14.0. The van der Waals surface area contributed by atoms with Crippen LogP contribution in [-0.2, 0) is 0 Å². The van der Waals surface area contributed by atoms with E-state index in [0.717, 1.165) is 36.7 Å². The Labute approximate surface area is 174 Å². The minimum absolute atomic E-state index is 0. The number of aliphatic imine (C=N–C) groups is 1. The maximum absolute atomic E-state index is 6.21. The molecule has 5 nitrogen and oxygen atoms in total. The van der Waals surface area contributed by atoms with E-state index in [-0.39, 0.29) is 35.6 Å². The summed E-state index contributed by atoms with van der Waals surface area (Å²) in [6.45, 7) is 10.6. The molecule has 1 aromatic carbocycles. The lowest BCUT2D eigenvalue weighted by Gasteiger charge is -2.42. The summed E-state index contributed by atoms with van der Waals surface area (Å²) in [4.78, 5) is 7.22. The van der Waals surface area contributed by atoms with E-state index < -0.39 is 0 Å². The Morgan fingerprint density at radius 2 is 2.12 bits per heavy atom. The number of hydrogen-bond acceptors (Lipinski definition) is 3. The van der Waals surface area contributed by atoms with Gasteiger partial charge in [0.25, 0.3) is 0 Å². The summed E-state index contributed by atoms with van der Waals surface area (Å²) in [6.07, 6.45) is 3.52. The summed E-state index contributed by atoms with van der Waals surface area (Å²) >= 11 is 0. The molecule has 0 aliphatic carbocycles. The van der Waals surface area contributed by atoms with Crippen LogP contribution in [-0.4, -0.2) is 42.6 Å². The number of nitrogens with zero attached hydrogens (tertiary/aromatic N) is 2. The summed E-state index contributed by atoms with van der Waals surface area (Å²) in [7, 11) is 0. The summed E-state index contributed by atoms with van der Waals surface area (Å²) in [5.41, 5.74) is 7.40. The SMILES string of the molecule is CC1CCCN(C(C)(C)CN=C(N)NC2CCOc3ccccc32)C1.I. The average Bonchev–Trinajstić information content (AvgIpc) is 2.60. The van der Waals surface area contributed by atoms with Gasteiger partial charge in [-0.1, -0.05) is 25.1 Å². The molecular weight excluding hydrogens is 439 g/mol. The zero-order valence-corrected chi connectivity index (χ0v) is 18.5. The Kier molecular flexibility index (Phi) is 7.58. The maximum Gasteiger partial charge on any atom is 0.189 e. The van der Waals surface area contributed by atoms with Crippen molar-refractivity contribution < 1.29 is 4.74 Å². The molecule has 0 bridgehead atoms. The first kappa shape index (κ1) is 21.3. The number of likely N-dealkylation sites (tertiary alicyclic amines) is 1. The van der Waals surface area contributed by atoms with Crippen molar-refractivity contribution >= 4 is 29.9 Å². The number of nitrogens with two attached hydrogens (primary N) is 1. The molecule has 2 heterocycles. The topological polar surface area (TPSA) is 62.9 Å². The molecule has 0 saturated carbocycles. The standard InChI is InChI=1S/C20H32N4O.HI/c1-15-7-6-11-24(13-15)20(2,3)14-22-19(21)23-17-10-12-25-18-9-5-4-8-16(17)18;/h4-5,8-9,15,17H,6-7,10-14H2,1-3H3,(H3,21,22,23);1H. The molecule has 1 saturated heterocycles. The van der Waals surface area contributed by atoms with Crippen LogP contribution in [0.15, 0.2) is 29.3 Å². The Hall–Kier alpha value is -1.02. The second-order valence-electron chi connectivity index (χ2n) is 8.08. The number of halogens is 1. The van der Waals surface area contributed by atoms with Crippen LogP contribution in [0.3, 0.4) is 0 Å². The molecule has 0 spiro atoms. The monoisotopic (exact) mass is 472 g/mol. The van der Waals surface area contributed by atoms with Crippen molar-refractivity contribution in [2.75, 3.05) is 26.2 Å². The third-order valence-corrected chi connectivity index (χ3v) is 5.43. The van der Waals surface area contributed by atoms with Gasteiger partial charge in [-0.05, 0) is 45.2 Å². The minimum atomic E-state index is 0. The second-order valence-corrected chi connectivity index (χ2v) is 8.08. The van der Waals surface area contributed by atoms with Crippen molar-refractivity contribution in [1.82, 2.24) is 10.2 Å². The third kappa shape index (κ3) is 5.25. The molecule has 1 aromatic rings. The van der Waals surface area contributed by atoms with Crippen molar-refractivity contribution in [3.8, 4) is 5.75 Å². The zero-order chi connectivity index (χ0) is 17.9. The molecule has 3 rings (SSSR count). The number of hydrogen-bond donors (Lipinski definition) is 2. The maximum atomic E-state index is 6.21. The predicted molar refractivity (Wildman–Crippen MR) is 118 cm³/mol.